The first-order chi connectivity index (χ1) is 12.2. The average Bonchev–Trinajstić information content (AvgIpc) is 3.24. The summed E-state index contributed by atoms with van der Waals surface area (Å²) in [5, 5.41) is 2.91. The zero-order chi connectivity index (χ0) is 17.4. The number of nitrogens with zero attached hydrogens (tertiary/aromatic N) is 1. The first kappa shape index (κ1) is 15.9. The van der Waals surface area contributed by atoms with E-state index in [4.69, 9.17) is 4.74 Å². The van der Waals surface area contributed by atoms with Crippen LogP contribution >= 0.6 is 0 Å². The molecule has 3 heterocycles. The summed E-state index contributed by atoms with van der Waals surface area (Å²) in [5.41, 5.74) is 2.65. The number of hydrogen-bond acceptors (Lipinski definition) is 3. The molecule has 6 heteroatoms. The molecule has 0 atom stereocenters. The number of carbonyl (C=O) groups excluding carboxylic acids is 2. The molecule has 1 saturated heterocycles. The number of carbonyl (C=O) groups is 2. The molecular weight excluding hydrogens is 318 g/mol. The third-order valence-corrected chi connectivity index (χ3v) is 5.22. The van der Waals surface area contributed by atoms with Crippen molar-refractivity contribution in [3.8, 4) is 0 Å². The highest BCUT2D eigenvalue weighted by atomic mass is 16.5. The number of likely N-dealkylation sites (N-methyl/N-ethyl adjacent to an activating group) is 1. The van der Waals surface area contributed by atoms with E-state index in [-0.39, 0.29) is 11.8 Å². The standard InChI is InChI=1S/C19H21N3O3/c1-2-22-16-6-5-13(21-17(23)15-4-3-9-20-15)12-14(16)19(18(22)24)7-10-25-11-8-19/h3-6,9,12,20H,2,7-8,10-11H2,1H3,(H,21,23). The molecule has 2 amide bonds. The lowest BCUT2D eigenvalue weighted by atomic mass is 9.75. The van der Waals surface area contributed by atoms with Crippen molar-refractivity contribution >= 4 is 23.2 Å². The number of aromatic nitrogens is 1. The van der Waals surface area contributed by atoms with Crippen molar-refractivity contribution in [3.05, 3.63) is 47.8 Å². The SMILES string of the molecule is CCN1C(=O)C2(CCOCC2)c2cc(NC(=O)c3ccc[nH]3)ccc21. The van der Waals surface area contributed by atoms with Gasteiger partial charge in [0.1, 0.15) is 5.69 Å². The van der Waals surface area contributed by atoms with Gasteiger partial charge >= 0.3 is 0 Å². The molecule has 1 spiro atoms. The average molecular weight is 339 g/mol. The molecule has 130 valence electrons. The van der Waals surface area contributed by atoms with E-state index in [9.17, 15) is 9.59 Å². The van der Waals surface area contributed by atoms with Crippen LogP contribution in [0, 0.1) is 0 Å². The van der Waals surface area contributed by atoms with E-state index in [2.05, 4.69) is 10.3 Å². The summed E-state index contributed by atoms with van der Waals surface area (Å²) in [7, 11) is 0. The second-order valence-electron chi connectivity index (χ2n) is 6.51. The van der Waals surface area contributed by atoms with Crippen molar-refractivity contribution in [2.24, 2.45) is 0 Å². The molecule has 2 aromatic rings. The lowest BCUT2D eigenvalue weighted by Crippen LogP contribution is -2.44. The van der Waals surface area contributed by atoms with Gasteiger partial charge in [-0.2, -0.15) is 0 Å². The van der Waals surface area contributed by atoms with Crippen LogP contribution in [-0.2, 0) is 14.9 Å². The van der Waals surface area contributed by atoms with Gasteiger partial charge in [-0.1, -0.05) is 0 Å². The Labute approximate surface area is 146 Å². The molecule has 0 bridgehead atoms. The summed E-state index contributed by atoms with van der Waals surface area (Å²) in [6.07, 6.45) is 3.08. The monoisotopic (exact) mass is 339 g/mol. The number of fused-ring (bicyclic) bond motifs is 2. The van der Waals surface area contributed by atoms with E-state index in [1.165, 1.54) is 0 Å². The predicted octanol–water partition coefficient (Wildman–Crippen LogP) is 2.68. The van der Waals surface area contributed by atoms with Crippen molar-refractivity contribution in [2.75, 3.05) is 30.0 Å². The van der Waals surface area contributed by atoms with Crippen LogP contribution in [0.4, 0.5) is 11.4 Å². The van der Waals surface area contributed by atoms with E-state index >= 15 is 0 Å². The Balaban J connectivity index is 1.71. The fourth-order valence-corrected chi connectivity index (χ4v) is 3.90. The van der Waals surface area contributed by atoms with Crippen LogP contribution in [0.25, 0.3) is 0 Å². The van der Waals surface area contributed by atoms with E-state index < -0.39 is 5.41 Å². The van der Waals surface area contributed by atoms with Crippen LogP contribution in [0.15, 0.2) is 36.5 Å². The lowest BCUT2D eigenvalue weighted by Gasteiger charge is -2.32. The predicted molar refractivity (Wildman–Crippen MR) is 94.9 cm³/mol. The van der Waals surface area contributed by atoms with Crippen LogP contribution in [0.3, 0.4) is 0 Å². The summed E-state index contributed by atoms with van der Waals surface area (Å²) in [6.45, 7) is 3.80. The molecule has 2 aliphatic rings. The Morgan fingerprint density at radius 2 is 2.12 bits per heavy atom. The van der Waals surface area contributed by atoms with Crippen LogP contribution in [-0.4, -0.2) is 36.6 Å². The smallest absolute Gasteiger partial charge is 0.272 e. The highest BCUT2D eigenvalue weighted by Gasteiger charge is 2.51. The number of ether oxygens (including phenoxy) is 1. The van der Waals surface area contributed by atoms with Gasteiger partial charge in [0.15, 0.2) is 0 Å². The summed E-state index contributed by atoms with van der Waals surface area (Å²) >= 11 is 0. The van der Waals surface area contributed by atoms with Crippen LogP contribution in [0.1, 0.15) is 35.8 Å². The molecular formula is C19H21N3O3. The van der Waals surface area contributed by atoms with E-state index in [1.807, 2.05) is 30.0 Å². The summed E-state index contributed by atoms with van der Waals surface area (Å²) < 4.78 is 5.49. The molecule has 6 nitrogen and oxygen atoms in total. The normalized spacial score (nSPS) is 18.4. The molecule has 1 fully saturated rings. The number of anilines is 2. The van der Waals surface area contributed by atoms with Gasteiger partial charge in [0.25, 0.3) is 5.91 Å². The van der Waals surface area contributed by atoms with Crippen LogP contribution in [0.2, 0.25) is 0 Å². The van der Waals surface area contributed by atoms with Crippen molar-refractivity contribution < 1.29 is 14.3 Å². The maximum absolute atomic E-state index is 13.1. The van der Waals surface area contributed by atoms with Gasteiger partial charge in [-0.15, -0.1) is 0 Å². The van der Waals surface area contributed by atoms with Crippen molar-refractivity contribution in [1.82, 2.24) is 4.98 Å². The Kier molecular flexibility index (Phi) is 3.84. The highest BCUT2D eigenvalue weighted by Crippen LogP contribution is 2.48. The molecule has 2 aliphatic heterocycles. The molecule has 0 radical (unpaired) electrons. The largest absolute Gasteiger partial charge is 0.381 e. The second kappa shape index (κ2) is 6.04. The van der Waals surface area contributed by atoms with Crippen molar-refractivity contribution in [1.29, 1.82) is 0 Å². The van der Waals surface area contributed by atoms with Crippen molar-refractivity contribution in [2.45, 2.75) is 25.2 Å². The molecule has 0 unspecified atom stereocenters. The zero-order valence-corrected chi connectivity index (χ0v) is 14.2. The van der Waals surface area contributed by atoms with E-state index in [0.29, 0.717) is 44.0 Å². The number of amides is 2. The van der Waals surface area contributed by atoms with Gasteiger partial charge in [-0.3, -0.25) is 9.59 Å². The number of nitrogens with one attached hydrogen (secondary N) is 2. The Morgan fingerprint density at radius 3 is 2.80 bits per heavy atom. The Morgan fingerprint density at radius 1 is 1.32 bits per heavy atom. The van der Waals surface area contributed by atoms with Gasteiger partial charge in [0.05, 0.1) is 5.41 Å². The van der Waals surface area contributed by atoms with E-state index in [1.54, 1.807) is 18.3 Å². The number of benzene rings is 1. The van der Waals surface area contributed by atoms with E-state index in [0.717, 1.165) is 11.3 Å². The number of H-pyrrole nitrogens is 1. The minimum Gasteiger partial charge on any atom is -0.381 e. The molecule has 1 aromatic heterocycles. The molecule has 0 saturated carbocycles. The van der Waals surface area contributed by atoms with Crippen LogP contribution in [0.5, 0.6) is 0 Å². The summed E-state index contributed by atoms with van der Waals surface area (Å²) in [4.78, 5) is 30.1. The number of aromatic amines is 1. The van der Waals surface area contributed by atoms with Gasteiger partial charge < -0.3 is 19.9 Å². The Bertz CT molecular complexity index is 807. The minimum absolute atomic E-state index is 0.154. The zero-order valence-electron chi connectivity index (χ0n) is 14.2. The van der Waals surface area contributed by atoms with Gasteiger partial charge in [0.2, 0.25) is 5.91 Å². The Hall–Kier alpha value is -2.60. The molecule has 2 N–H and O–H groups in total. The quantitative estimate of drug-likeness (QED) is 0.903. The fourth-order valence-electron chi connectivity index (χ4n) is 3.90. The topological polar surface area (TPSA) is 74.4 Å². The van der Waals surface area contributed by atoms with Gasteiger partial charge in [0, 0.05) is 37.3 Å². The maximum Gasteiger partial charge on any atom is 0.272 e. The lowest BCUT2D eigenvalue weighted by molar-refractivity contribution is -0.126. The molecule has 1 aromatic carbocycles. The molecule has 0 aliphatic carbocycles. The first-order valence-corrected chi connectivity index (χ1v) is 8.65. The summed E-state index contributed by atoms with van der Waals surface area (Å²) in [6, 6.07) is 9.26. The minimum atomic E-state index is -0.517. The van der Waals surface area contributed by atoms with Gasteiger partial charge in [-0.25, -0.2) is 0 Å². The maximum atomic E-state index is 13.1. The number of rotatable bonds is 3. The fraction of sp³-hybridized carbons (Fsp3) is 0.368. The highest BCUT2D eigenvalue weighted by molar-refractivity contribution is 6.09. The molecule has 25 heavy (non-hydrogen) atoms. The second-order valence-corrected chi connectivity index (χ2v) is 6.51. The molecule has 4 rings (SSSR count). The first-order valence-electron chi connectivity index (χ1n) is 8.65. The third-order valence-electron chi connectivity index (χ3n) is 5.22. The van der Waals surface area contributed by atoms with Gasteiger partial charge in [-0.05, 0) is 55.7 Å². The third kappa shape index (κ3) is 2.44. The number of hydrogen-bond donors (Lipinski definition) is 2. The van der Waals surface area contributed by atoms with Crippen LogP contribution < -0.4 is 10.2 Å². The van der Waals surface area contributed by atoms with Crippen molar-refractivity contribution in [3.63, 3.8) is 0 Å². The summed E-state index contributed by atoms with van der Waals surface area (Å²) in [5.74, 6) is -0.0382.